The van der Waals surface area contributed by atoms with E-state index in [2.05, 4.69) is 66.0 Å². The van der Waals surface area contributed by atoms with E-state index in [9.17, 15) is 0 Å². The van der Waals surface area contributed by atoms with Crippen LogP contribution < -0.4 is 10.9 Å². The van der Waals surface area contributed by atoms with Gasteiger partial charge in [0.2, 0.25) is 0 Å². The first-order valence-corrected chi connectivity index (χ1v) is 11.1. The summed E-state index contributed by atoms with van der Waals surface area (Å²) >= 11 is 0. The number of fused-ring (bicyclic) bond motifs is 2. The zero-order valence-corrected chi connectivity index (χ0v) is 19.1. The Morgan fingerprint density at radius 2 is 1.87 bits per heavy atom. The summed E-state index contributed by atoms with van der Waals surface area (Å²) < 4.78 is 9.76. The zero-order chi connectivity index (χ0) is 20.8. The third-order valence-electron chi connectivity index (χ3n) is 6.75. The van der Waals surface area contributed by atoms with Crippen LogP contribution in [0.1, 0.15) is 68.9 Å². The number of rotatable bonds is 4. The minimum atomic E-state index is 0. The average Bonchev–Trinajstić information content (AvgIpc) is 3.35. The minimum absolute atomic E-state index is 0. The summed E-state index contributed by atoms with van der Waals surface area (Å²) in [7, 11) is 3.86. The predicted octanol–water partition coefficient (Wildman–Crippen LogP) is 6.23. The molecule has 1 aliphatic carbocycles. The molecule has 4 aromatic rings. The smallest absolute Gasteiger partial charge is 0.197 e. The second-order valence-electron chi connectivity index (χ2n) is 8.91. The molecule has 164 valence electrons. The van der Waals surface area contributed by atoms with Crippen LogP contribution in [0.5, 0.6) is 5.75 Å². The van der Waals surface area contributed by atoms with Crippen molar-refractivity contribution in [3.8, 4) is 17.0 Å². The molecule has 0 saturated heterocycles. The second-order valence-corrected chi connectivity index (χ2v) is 8.91. The van der Waals surface area contributed by atoms with E-state index in [1.807, 2.05) is 4.52 Å². The van der Waals surface area contributed by atoms with E-state index in [-0.39, 0.29) is 6.15 Å². The van der Waals surface area contributed by atoms with Gasteiger partial charge < -0.3 is 15.5 Å². The Morgan fingerprint density at radius 3 is 2.58 bits per heavy atom. The monoisotopic (exact) mass is 419 g/mol. The highest BCUT2D eigenvalue weighted by atomic mass is 16.5. The molecule has 1 aromatic carbocycles. The standard InChI is InChI=1S/C25H30N4O.H3N/c1-16(2)23-20-12-18(17-8-6-5-7-9-17)10-11-21(20)28(3)24(23)19-13-22(30-4)25-26-15-27-29(25)14-19;/h10-17H,5-9H2,1-4H3;1H3. The highest BCUT2D eigenvalue weighted by Gasteiger charge is 2.23. The van der Waals surface area contributed by atoms with Crippen LogP contribution in [0, 0.1) is 0 Å². The van der Waals surface area contributed by atoms with Crippen molar-refractivity contribution in [3.63, 3.8) is 0 Å². The van der Waals surface area contributed by atoms with Gasteiger partial charge in [-0.3, -0.25) is 0 Å². The number of aromatic nitrogens is 4. The van der Waals surface area contributed by atoms with Crippen LogP contribution in [-0.2, 0) is 7.05 Å². The van der Waals surface area contributed by atoms with Crippen LogP contribution in [0.4, 0.5) is 0 Å². The van der Waals surface area contributed by atoms with Crippen molar-refractivity contribution in [1.29, 1.82) is 0 Å². The Labute approximate surface area is 183 Å². The largest absolute Gasteiger partial charge is 0.493 e. The molecule has 3 aromatic heterocycles. The Bertz CT molecular complexity index is 1210. The number of methoxy groups -OCH3 is 1. The summed E-state index contributed by atoms with van der Waals surface area (Å²) in [4.78, 5) is 4.33. The lowest BCUT2D eigenvalue weighted by atomic mass is 9.83. The van der Waals surface area contributed by atoms with Gasteiger partial charge in [-0.15, -0.1) is 0 Å². The van der Waals surface area contributed by atoms with E-state index in [0.717, 1.165) is 17.0 Å². The molecule has 1 aliphatic rings. The van der Waals surface area contributed by atoms with Crippen molar-refractivity contribution in [3.05, 3.63) is 47.9 Å². The molecule has 5 rings (SSSR count). The molecule has 31 heavy (non-hydrogen) atoms. The number of hydrogen-bond donors (Lipinski definition) is 1. The lowest BCUT2D eigenvalue weighted by molar-refractivity contribution is 0.416. The number of benzene rings is 1. The van der Waals surface area contributed by atoms with E-state index in [4.69, 9.17) is 4.74 Å². The summed E-state index contributed by atoms with van der Waals surface area (Å²) in [5.74, 6) is 1.86. The number of pyridine rings is 1. The first-order chi connectivity index (χ1) is 14.6. The van der Waals surface area contributed by atoms with Crippen LogP contribution in [-0.4, -0.2) is 26.3 Å². The lowest BCUT2D eigenvalue weighted by Gasteiger charge is -2.22. The summed E-state index contributed by atoms with van der Waals surface area (Å²) in [6.45, 7) is 4.58. The molecule has 3 N–H and O–H groups in total. The van der Waals surface area contributed by atoms with Gasteiger partial charge in [0.15, 0.2) is 11.4 Å². The summed E-state index contributed by atoms with van der Waals surface area (Å²) in [6, 6.07) is 9.23. The Hall–Kier alpha value is -2.86. The van der Waals surface area contributed by atoms with Gasteiger partial charge in [-0.1, -0.05) is 39.2 Å². The predicted molar refractivity (Wildman–Crippen MR) is 126 cm³/mol. The zero-order valence-electron chi connectivity index (χ0n) is 19.1. The number of nitrogens with zero attached hydrogens (tertiary/aromatic N) is 4. The second kappa shape index (κ2) is 8.35. The minimum Gasteiger partial charge on any atom is -0.493 e. The Kier molecular flexibility index (Phi) is 5.75. The fourth-order valence-electron chi connectivity index (χ4n) is 5.29. The first-order valence-electron chi connectivity index (χ1n) is 11.1. The molecule has 3 heterocycles. The third-order valence-corrected chi connectivity index (χ3v) is 6.75. The first kappa shape index (κ1) is 21.4. The summed E-state index contributed by atoms with van der Waals surface area (Å²) in [5.41, 5.74) is 7.26. The van der Waals surface area contributed by atoms with Crippen molar-refractivity contribution in [2.45, 2.75) is 57.8 Å². The maximum atomic E-state index is 5.63. The molecule has 0 atom stereocenters. The quantitative estimate of drug-likeness (QED) is 0.425. The van der Waals surface area contributed by atoms with E-state index in [1.54, 1.807) is 13.4 Å². The van der Waals surface area contributed by atoms with Gasteiger partial charge >= 0.3 is 0 Å². The van der Waals surface area contributed by atoms with E-state index in [1.165, 1.54) is 59.8 Å². The molecule has 0 radical (unpaired) electrons. The molecule has 6 heteroatoms. The van der Waals surface area contributed by atoms with Crippen molar-refractivity contribution in [2.24, 2.45) is 7.05 Å². The number of ether oxygens (including phenoxy) is 1. The van der Waals surface area contributed by atoms with Gasteiger partial charge in [0.25, 0.3) is 0 Å². The molecular weight excluding hydrogens is 386 g/mol. The fraction of sp³-hybridized carbons (Fsp3) is 0.440. The number of hydrogen-bond acceptors (Lipinski definition) is 4. The summed E-state index contributed by atoms with van der Waals surface area (Å²) in [6.07, 6.45) is 10.4. The van der Waals surface area contributed by atoms with Gasteiger partial charge in [0.05, 0.1) is 12.8 Å². The van der Waals surface area contributed by atoms with Crippen molar-refractivity contribution in [1.82, 2.24) is 25.3 Å². The van der Waals surface area contributed by atoms with Crippen molar-refractivity contribution in [2.75, 3.05) is 7.11 Å². The Morgan fingerprint density at radius 1 is 1.10 bits per heavy atom. The molecule has 0 unspecified atom stereocenters. The highest BCUT2D eigenvalue weighted by Crippen LogP contribution is 2.41. The van der Waals surface area contributed by atoms with Gasteiger partial charge in [-0.05, 0) is 54.0 Å². The van der Waals surface area contributed by atoms with Crippen LogP contribution in [0.3, 0.4) is 0 Å². The van der Waals surface area contributed by atoms with Crippen LogP contribution in [0.2, 0.25) is 0 Å². The van der Waals surface area contributed by atoms with E-state index >= 15 is 0 Å². The van der Waals surface area contributed by atoms with Crippen LogP contribution in [0.15, 0.2) is 36.8 Å². The van der Waals surface area contributed by atoms with E-state index in [0.29, 0.717) is 11.8 Å². The topological polar surface area (TPSA) is 79.3 Å². The van der Waals surface area contributed by atoms with Crippen LogP contribution in [0.25, 0.3) is 27.8 Å². The molecule has 1 saturated carbocycles. The van der Waals surface area contributed by atoms with E-state index < -0.39 is 0 Å². The van der Waals surface area contributed by atoms with Gasteiger partial charge in [-0.2, -0.15) is 5.10 Å². The van der Waals surface area contributed by atoms with Gasteiger partial charge in [0, 0.05) is 29.7 Å². The normalized spacial score (nSPS) is 15.0. The van der Waals surface area contributed by atoms with Crippen molar-refractivity contribution < 1.29 is 4.74 Å². The van der Waals surface area contributed by atoms with Gasteiger partial charge in [-0.25, -0.2) is 9.50 Å². The van der Waals surface area contributed by atoms with Gasteiger partial charge in [0.1, 0.15) is 6.33 Å². The highest BCUT2D eigenvalue weighted by molar-refractivity contribution is 5.93. The average molecular weight is 420 g/mol. The fourth-order valence-corrected chi connectivity index (χ4v) is 5.29. The molecule has 0 bridgehead atoms. The molecule has 0 spiro atoms. The molecule has 1 fully saturated rings. The number of aryl methyl sites for hydroxylation is 1. The molecular formula is C25H33N5O. The van der Waals surface area contributed by atoms with Crippen LogP contribution >= 0.6 is 0 Å². The maximum absolute atomic E-state index is 5.63. The molecule has 0 amide bonds. The molecule has 6 nitrogen and oxygen atoms in total. The maximum Gasteiger partial charge on any atom is 0.197 e. The molecule has 0 aliphatic heterocycles. The third kappa shape index (κ3) is 3.49. The van der Waals surface area contributed by atoms with Crippen molar-refractivity contribution >= 4 is 16.6 Å². The SMILES string of the molecule is COc1cc(-c2c(C(C)C)c3cc(C4CCCCC4)ccc3n2C)cn2ncnc12.N. The Balaban J connectivity index is 0.00000231. The lowest BCUT2D eigenvalue weighted by Crippen LogP contribution is -2.04. The summed E-state index contributed by atoms with van der Waals surface area (Å²) in [5, 5.41) is 5.74.